The van der Waals surface area contributed by atoms with Crippen LogP contribution in [-0.2, 0) is 16.0 Å². The van der Waals surface area contributed by atoms with Crippen LogP contribution in [-0.4, -0.2) is 23.9 Å². The van der Waals surface area contributed by atoms with Crippen molar-refractivity contribution >= 4 is 17.5 Å². The van der Waals surface area contributed by atoms with Crippen LogP contribution in [0.25, 0.3) is 0 Å². The number of carbonyl (C=O) groups excluding carboxylic acids is 2. The molecule has 1 aliphatic rings. The maximum Gasteiger partial charge on any atom is 0.244 e. The molecule has 0 saturated heterocycles. The molecule has 108 valence electrons. The van der Waals surface area contributed by atoms with E-state index in [-0.39, 0.29) is 11.8 Å². The van der Waals surface area contributed by atoms with Gasteiger partial charge < -0.3 is 16.4 Å². The molecule has 5 nitrogen and oxygen atoms in total. The van der Waals surface area contributed by atoms with Gasteiger partial charge in [0.15, 0.2) is 0 Å². The lowest BCUT2D eigenvalue weighted by atomic mass is 9.77. The lowest BCUT2D eigenvalue weighted by Gasteiger charge is -2.36. The first-order chi connectivity index (χ1) is 9.53. The number of rotatable bonds is 5. The second-order valence-corrected chi connectivity index (χ2v) is 5.29. The summed E-state index contributed by atoms with van der Waals surface area (Å²) in [7, 11) is 0. The summed E-state index contributed by atoms with van der Waals surface area (Å²) in [5.74, 6) is -0.125. The van der Waals surface area contributed by atoms with E-state index in [1.807, 2.05) is 19.1 Å². The van der Waals surface area contributed by atoms with Gasteiger partial charge in [0.25, 0.3) is 0 Å². The molecule has 0 radical (unpaired) electrons. The SMILES string of the molecule is CCNC(=O)Cc1ccc(NC(=O)C2(N)CCC2)cc1. The molecule has 0 atom stereocenters. The van der Waals surface area contributed by atoms with Crippen LogP contribution >= 0.6 is 0 Å². The first-order valence-electron chi connectivity index (χ1n) is 6.99. The largest absolute Gasteiger partial charge is 0.356 e. The fraction of sp³-hybridized carbons (Fsp3) is 0.467. The van der Waals surface area contributed by atoms with Gasteiger partial charge in [0, 0.05) is 12.2 Å². The first-order valence-corrected chi connectivity index (χ1v) is 6.99. The molecule has 5 heteroatoms. The first kappa shape index (κ1) is 14.5. The quantitative estimate of drug-likeness (QED) is 0.754. The average Bonchev–Trinajstić information content (AvgIpc) is 2.38. The molecule has 1 aliphatic carbocycles. The maximum atomic E-state index is 12.0. The highest BCUT2D eigenvalue weighted by Crippen LogP contribution is 2.30. The van der Waals surface area contributed by atoms with E-state index in [0.717, 1.165) is 24.8 Å². The molecule has 1 aromatic carbocycles. The lowest BCUT2D eigenvalue weighted by Crippen LogP contribution is -2.56. The highest BCUT2D eigenvalue weighted by molar-refractivity contribution is 5.98. The number of hydrogen-bond acceptors (Lipinski definition) is 3. The second kappa shape index (κ2) is 6.05. The van der Waals surface area contributed by atoms with Crippen molar-refractivity contribution in [3.8, 4) is 0 Å². The summed E-state index contributed by atoms with van der Waals surface area (Å²) in [6, 6.07) is 7.28. The van der Waals surface area contributed by atoms with E-state index in [0.29, 0.717) is 18.7 Å². The molecular weight excluding hydrogens is 254 g/mol. The molecule has 1 saturated carbocycles. The molecular formula is C15H21N3O2. The minimum atomic E-state index is -0.695. The Morgan fingerprint density at radius 3 is 2.40 bits per heavy atom. The zero-order valence-corrected chi connectivity index (χ0v) is 11.7. The highest BCUT2D eigenvalue weighted by Gasteiger charge is 2.40. The van der Waals surface area contributed by atoms with Crippen molar-refractivity contribution in [2.75, 3.05) is 11.9 Å². The van der Waals surface area contributed by atoms with Gasteiger partial charge in [0.2, 0.25) is 11.8 Å². The third-order valence-electron chi connectivity index (χ3n) is 3.65. The monoisotopic (exact) mass is 275 g/mol. The number of benzene rings is 1. The smallest absolute Gasteiger partial charge is 0.244 e. The summed E-state index contributed by atoms with van der Waals surface area (Å²) >= 11 is 0. The van der Waals surface area contributed by atoms with Gasteiger partial charge in [-0.2, -0.15) is 0 Å². The van der Waals surface area contributed by atoms with Crippen LogP contribution in [0, 0.1) is 0 Å². The van der Waals surface area contributed by atoms with E-state index >= 15 is 0 Å². The van der Waals surface area contributed by atoms with Crippen molar-refractivity contribution in [3.05, 3.63) is 29.8 Å². The predicted octanol–water partition coefficient (Wildman–Crippen LogP) is 1.19. The Hall–Kier alpha value is -1.88. The lowest BCUT2D eigenvalue weighted by molar-refractivity contribution is -0.124. The Balaban J connectivity index is 1.91. The Labute approximate surface area is 118 Å². The van der Waals surface area contributed by atoms with Crippen LogP contribution in [0.5, 0.6) is 0 Å². The molecule has 1 aromatic rings. The molecule has 1 fully saturated rings. The van der Waals surface area contributed by atoms with E-state index in [4.69, 9.17) is 5.73 Å². The summed E-state index contributed by atoms with van der Waals surface area (Å²) in [5, 5.41) is 5.58. The van der Waals surface area contributed by atoms with Crippen LogP contribution in [0.15, 0.2) is 24.3 Å². The normalized spacial score (nSPS) is 16.1. The standard InChI is InChI=1S/C15H21N3O2/c1-2-17-13(19)10-11-4-6-12(7-5-11)18-14(20)15(16)8-3-9-15/h4-7H,2-3,8-10,16H2,1H3,(H,17,19)(H,18,20). The number of anilines is 1. The Morgan fingerprint density at radius 1 is 1.25 bits per heavy atom. The van der Waals surface area contributed by atoms with Crippen LogP contribution < -0.4 is 16.4 Å². The number of likely N-dealkylation sites (N-methyl/N-ethyl adjacent to an activating group) is 1. The maximum absolute atomic E-state index is 12.0. The Kier molecular flexibility index (Phi) is 4.39. The van der Waals surface area contributed by atoms with Gasteiger partial charge in [0.1, 0.15) is 0 Å². The molecule has 0 heterocycles. The molecule has 0 bridgehead atoms. The van der Waals surface area contributed by atoms with Gasteiger partial charge in [0.05, 0.1) is 12.0 Å². The summed E-state index contributed by atoms with van der Waals surface area (Å²) in [4.78, 5) is 23.4. The van der Waals surface area contributed by atoms with Gasteiger partial charge in [-0.05, 0) is 43.9 Å². The molecule has 0 unspecified atom stereocenters. The minimum Gasteiger partial charge on any atom is -0.356 e. The molecule has 0 aromatic heterocycles. The molecule has 0 spiro atoms. The average molecular weight is 275 g/mol. The van der Waals surface area contributed by atoms with Crippen molar-refractivity contribution in [1.82, 2.24) is 5.32 Å². The van der Waals surface area contributed by atoms with Gasteiger partial charge in [-0.1, -0.05) is 12.1 Å². The van der Waals surface area contributed by atoms with Gasteiger partial charge in [-0.3, -0.25) is 9.59 Å². The highest BCUT2D eigenvalue weighted by atomic mass is 16.2. The number of nitrogens with two attached hydrogens (primary N) is 1. The number of hydrogen-bond donors (Lipinski definition) is 3. The van der Waals surface area contributed by atoms with E-state index in [9.17, 15) is 9.59 Å². The van der Waals surface area contributed by atoms with Gasteiger partial charge in [-0.15, -0.1) is 0 Å². The topological polar surface area (TPSA) is 84.2 Å². The molecule has 2 rings (SSSR count). The number of amides is 2. The van der Waals surface area contributed by atoms with Crippen LogP contribution in [0.3, 0.4) is 0 Å². The summed E-state index contributed by atoms with van der Waals surface area (Å²) in [6.45, 7) is 2.52. The number of nitrogens with one attached hydrogen (secondary N) is 2. The van der Waals surface area contributed by atoms with E-state index in [1.165, 1.54) is 0 Å². The summed E-state index contributed by atoms with van der Waals surface area (Å²) in [6.07, 6.45) is 2.85. The second-order valence-electron chi connectivity index (χ2n) is 5.29. The Morgan fingerprint density at radius 2 is 1.90 bits per heavy atom. The van der Waals surface area contributed by atoms with Crippen molar-refractivity contribution in [2.24, 2.45) is 5.73 Å². The zero-order chi connectivity index (χ0) is 14.6. The van der Waals surface area contributed by atoms with Crippen LogP contribution in [0.2, 0.25) is 0 Å². The van der Waals surface area contributed by atoms with Crippen molar-refractivity contribution < 1.29 is 9.59 Å². The molecule has 20 heavy (non-hydrogen) atoms. The molecule has 0 aliphatic heterocycles. The van der Waals surface area contributed by atoms with Crippen LogP contribution in [0.1, 0.15) is 31.7 Å². The van der Waals surface area contributed by atoms with Gasteiger partial charge >= 0.3 is 0 Å². The third kappa shape index (κ3) is 3.36. The predicted molar refractivity (Wildman–Crippen MR) is 78.2 cm³/mol. The zero-order valence-electron chi connectivity index (χ0n) is 11.7. The van der Waals surface area contributed by atoms with Crippen LogP contribution in [0.4, 0.5) is 5.69 Å². The van der Waals surface area contributed by atoms with E-state index in [1.54, 1.807) is 12.1 Å². The fourth-order valence-corrected chi connectivity index (χ4v) is 2.19. The molecule has 4 N–H and O–H groups in total. The molecule has 2 amide bonds. The van der Waals surface area contributed by atoms with Crippen molar-refractivity contribution in [1.29, 1.82) is 0 Å². The van der Waals surface area contributed by atoms with Gasteiger partial charge in [-0.25, -0.2) is 0 Å². The number of carbonyl (C=O) groups is 2. The minimum absolute atomic E-state index is 0.000310. The summed E-state index contributed by atoms with van der Waals surface area (Å²) in [5.41, 5.74) is 6.89. The third-order valence-corrected chi connectivity index (χ3v) is 3.65. The Bertz CT molecular complexity index is 492. The van der Waals surface area contributed by atoms with E-state index < -0.39 is 5.54 Å². The summed E-state index contributed by atoms with van der Waals surface area (Å²) < 4.78 is 0. The fourth-order valence-electron chi connectivity index (χ4n) is 2.19. The van der Waals surface area contributed by atoms with E-state index in [2.05, 4.69) is 10.6 Å². The van der Waals surface area contributed by atoms with Crippen molar-refractivity contribution in [3.63, 3.8) is 0 Å². The van der Waals surface area contributed by atoms with Crippen molar-refractivity contribution in [2.45, 2.75) is 38.1 Å².